The van der Waals surface area contributed by atoms with Gasteiger partial charge in [0.2, 0.25) is 15.9 Å². The largest absolute Gasteiger partial charge is 0.368 e. The van der Waals surface area contributed by atoms with Crippen LogP contribution in [0.3, 0.4) is 0 Å². The first-order chi connectivity index (χ1) is 17.4. The summed E-state index contributed by atoms with van der Waals surface area (Å²) in [6.45, 7) is 6.50. The maximum Gasteiger partial charge on any atom is 0.243 e. The van der Waals surface area contributed by atoms with Crippen LogP contribution >= 0.6 is 0 Å². The molecular weight excluding hydrogens is 472 g/mol. The highest BCUT2D eigenvalue weighted by Gasteiger charge is 2.30. The van der Waals surface area contributed by atoms with Gasteiger partial charge in [0.25, 0.3) is 0 Å². The molecule has 1 saturated heterocycles. The molecule has 7 nitrogen and oxygen atoms in total. The van der Waals surface area contributed by atoms with E-state index in [0.29, 0.717) is 11.4 Å². The summed E-state index contributed by atoms with van der Waals surface area (Å²) in [5.74, 6) is 0.0121. The molecule has 5 rings (SSSR count). The number of amides is 1. The lowest BCUT2D eigenvalue weighted by molar-refractivity contribution is -0.119. The third-order valence-electron chi connectivity index (χ3n) is 8.07. The molecule has 0 radical (unpaired) electrons. The minimum Gasteiger partial charge on any atom is -0.368 e. The molecular formula is C28H38N4O3S. The number of rotatable bonds is 7. The molecule has 0 bridgehead atoms. The second-order valence-electron chi connectivity index (χ2n) is 10.3. The highest BCUT2D eigenvalue weighted by molar-refractivity contribution is 7.89. The lowest BCUT2D eigenvalue weighted by Crippen LogP contribution is -2.46. The maximum absolute atomic E-state index is 13.9. The second kappa shape index (κ2) is 10.9. The van der Waals surface area contributed by atoms with Gasteiger partial charge in [0.15, 0.2) is 0 Å². The van der Waals surface area contributed by atoms with Gasteiger partial charge in [-0.05, 0) is 68.0 Å². The Morgan fingerprint density at radius 1 is 0.972 bits per heavy atom. The van der Waals surface area contributed by atoms with Crippen molar-refractivity contribution < 1.29 is 13.2 Å². The number of anilines is 2. The summed E-state index contributed by atoms with van der Waals surface area (Å²) >= 11 is 0. The van der Waals surface area contributed by atoms with Crippen LogP contribution in [0.25, 0.3) is 0 Å². The first kappa shape index (κ1) is 25.2. The van der Waals surface area contributed by atoms with E-state index in [1.54, 1.807) is 6.07 Å². The van der Waals surface area contributed by atoms with Gasteiger partial charge in [0, 0.05) is 43.8 Å². The van der Waals surface area contributed by atoms with Gasteiger partial charge in [0.1, 0.15) is 4.90 Å². The summed E-state index contributed by atoms with van der Waals surface area (Å²) in [6.07, 6.45) is 6.66. The van der Waals surface area contributed by atoms with Crippen molar-refractivity contribution in [2.75, 3.05) is 42.9 Å². The molecule has 2 N–H and O–H groups in total. The zero-order valence-electron chi connectivity index (χ0n) is 21.2. The standard InChI is InChI=1S/C28H38N4O3S/c1-2-31-16-18-32(19-17-31)26-15-14-23(29-28(33)22-9-3-4-10-22)20-27(26)36(34,35)30-25-13-7-11-21-8-5-6-12-24(21)25/h5-6,8,12,14-15,20,22,25,30H,2-4,7,9-11,13,16-19H2,1H3,(H,29,33)/t25-/m0/s1. The number of likely N-dealkylation sites (N-methyl/N-ethyl adjacent to an activating group) is 1. The van der Waals surface area contributed by atoms with Crippen molar-refractivity contribution in [2.45, 2.75) is 62.8 Å². The van der Waals surface area contributed by atoms with E-state index < -0.39 is 10.0 Å². The second-order valence-corrected chi connectivity index (χ2v) is 12.0. The Balaban J connectivity index is 1.45. The summed E-state index contributed by atoms with van der Waals surface area (Å²) in [4.78, 5) is 17.6. The fraction of sp³-hybridized carbons (Fsp3) is 0.536. The molecule has 2 fully saturated rings. The lowest BCUT2D eigenvalue weighted by atomic mass is 9.88. The number of piperazine rings is 1. The van der Waals surface area contributed by atoms with Crippen LogP contribution in [0.4, 0.5) is 11.4 Å². The van der Waals surface area contributed by atoms with E-state index in [-0.39, 0.29) is 22.8 Å². The van der Waals surface area contributed by atoms with Crippen LogP contribution in [0.2, 0.25) is 0 Å². The Labute approximate surface area is 215 Å². The molecule has 2 aromatic carbocycles. The van der Waals surface area contributed by atoms with Crippen molar-refractivity contribution >= 4 is 27.3 Å². The van der Waals surface area contributed by atoms with Gasteiger partial charge in [-0.15, -0.1) is 0 Å². The molecule has 0 unspecified atom stereocenters. The minimum atomic E-state index is -3.84. The molecule has 194 valence electrons. The summed E-state index contributed by atoms with van der Waals surface area (Å²) < 4.78 is 30.9. The molecule has 0 spiro atoms. The van der Waals surface area contributed by atoms with Crippen molar-refractivity contribution in [2.24, 2.45) is 5.92 Å². The SMILES string of the molecule is CCN1CCN(c2ccc(NC(=O)C3CCCC3)cc2S(=O)(=O)N[C@H]2CCCc3ccccc32)CC1. The number of hydrogen-bond donors (Lipinski definition) is 2. The Kier molecular flexibility index (Phi) is 7.65. The van der Waals surface area contributed by atoms with Gasteiger partial charge in [-0.3, -0.25) is 4.79 Å². The fourth-order valence-electron chi connectivity index (χ4n) is 5.93. The quantitative estimate of drug-likeness (QED) is 0.580. The summed E-state index contributed by atoms with van der Waals surface area (Å²) in [5.41, 5.74) is 3.54. The third-order valence-corrected chi connectivity index (χ3v) is 9.57. The predicted octanol–water partition coefficient (Wildman–Crippen LogP) is 4.31. The van der Waals surface area contributed by atoms with Crippen LogP contribution in [0, 0.1) is 5.92 Å². The van der Waals surface area contributed by atoms with Crippen molar-refractivity contribution in [1.82, 2.24) is 9.62 Å². The number of carbonyl (C=O) groups excluding carboxylic acids is 1. The lowest BCUT2D eigenvalue weighted by Gasteiger charge is -2.36. The van der Waals surface area contributed by atoms with E-state index in [4.69, 9.17) is 0 Å². The van der Waals surface area contributed by atoms with Gasteiger partial charge < -0.3 is 15.1 Å². The van der Waals surface area contributed by atoms with E-state index in [1.165, 1.54) is 5.56 Å². The minimum absolute atomic E-state index is 0.00525. The number of carbonyl (C=O) groups is 1. The number of hydrogen-bond acceptors (Lipinski definition) is 5. The number of aryl methyl sites for hydroxylation is 1. The zero-order valence-corrected chi connectivity index (χ0v) is 22.0. The Hall–Kier alpha value is -2.42. The molecule has 1 saturated carbocycles. The predicted molar refractivity (Wildman–Crippen MR) is 144 cm³/mol. The van der Waals surface area contributed by atoms with E-state index >= 15 is 0 Å². The topological polar surface area (TPSA) is 81.8 Å². The van der Waals surface area contributed by atoms with Gasteiger partial charge in [-0.25, -0.2) is 13.1 Å². The highest BCUT2D eigenvalue weighted by Crippen LogP contribution is 2.35. The van der Waals surface area contributed by atoms with Crippen LogP contribution in [-0.4, -0.2) is 51.9 Å². The zero-order chi connectivity index (χ0) is 25.1. The molecule has 36 heavy (non-hydrogen) atoms. The van der Waals surface area contributed by atoms with Crippen LogP contribution in [-0.2, 0) is 21.2 Å². The molecule has 1 amide bonds. The number of fused-ring (bicyclic) bond motifs is 1. The molecule has 8 heteroatoms. The highest BCUT2D eigenvalue weighted by atomic mass is 32.2. The van der Waals surface area contributed by atoms with E-state index in [0.717, 1.165) is 83.2 Å². The smallest absolute Gasteiger partial charge is 0.243 e. The number of sulfonamides is 1. The summed E-state index contributed by atoms with van der Waals surface area (Å²) in [6, 6.07) is 13.2. The van der Waals surface area contributed by atoms with Crippen molar-refractivity contribution in [3.8, 4) is 0 Å². The summed E-state index contributed by atoms with van der Waals surface area (Å²) in [5, 5.41) is 3.00. The Morgan fingerprint density at radius 3 is 2.47 bits per heavy atom. The molecule has 0 aromatic heterocycles. The van der Waals surface area contributed by atoms with Crippen molar-refractivity contribution in [3.63, 3.8) is 0 Å². The Bertz CT molecular complexity index is 1190. The van der Waals surface area contributed by atoms with E-state index in [2.05, 4.69) is 32.8 Å². The summed E-state index contributed by atoms with van der Waals surface area (Å²) in [7, 11) is -3.84. The Morgan fingerprint density at radius 2 is 1.72 bits per heavy atom. The van der Waals surface area contributed by atoms with Crippen LogP contribution < -0.4 is 14.9 Å². The molecule has 1 heterocycles. The number of benzene rings is 2. The normalized spacial score (nSPS) is 21.4. The third kappa shape index (κ3) is 5.45. The van der Waals surface area contributed by atoms with Gasteiger partial charge in [-0.2, -0.15) is 0 Å². The van der Waals surface area contributed by atoms with Crippen LogP contribution in [0.5, 0.6) is 0 Å². The van der Waals surface area contributed by atoms with Crippen molar-refractivity contribution in [3.05, 3.63) is 53.6 Å². The average Bonchev–Trinajstić information content (AvgIpc) is 3.44. The van der Waals surface area contributed by atoms with Crippen molar-refractivity contribution in [1.29, 1.82) is 0 Å². The number of nitrogens with one attached hydrogen (secondary N) is 2. The monoisotopic (exact) mass is 510 g/mol. The van der Waals surface area contributed by atoms with Gasteiger partial charge >= 0.3 is 0 Å². The molecule has 3 aliphatic rings. The fourth-order valence-corrected chi connectivity index (χ4v) is 7.43. The van der Waals surface area contributed by atoms with Gasteiger partial charge in [0.05, 0.1) is 5.69 Å². The van der Waals surface area contributed by atoms with Gasteiger partial charge in [-0.1, -0.05) is 44.0 Å². The molecule has 1 atom stereocenters. The molecule has 2 aromatic rings. The van der Waals surface area contributed by atoms with E-state index in [9.17, 15) is 13.2 Å². The van der Waals surface area contributed by atoms with Crippen LogP contribution in [0.1, 0.15) is 62.6 Å². The van der Waals surface area contributed by atoms with E-state index in [1.807, 2.05) is 30.3 Å². The average molecular weight is 511 g/mol. The molecule has 1 aliphatic heterocycles. The first-order valence-corrected chi connectivity index (χ1v) is 15.0. The molecule has 2 aliphatic carbocycles. The number of nitrogens with zero attached hydrogens (tertiary/aromatic N) is 2. The first-order valence-electron chi connectivity index (χ1n) is 13.5. The van der Waals surface area contributed by atoms with Crippen LogP contribution in [0.15, 0.2) is 47.4 Å². The maximum atomic E-state index is 13.9.